The second-order valence-electron chi connectivity index (χ2n) is 5.96. The lowest BCUT2D eigenvalue weighted by molar-refractivity contribution is 0.0947. The van der Waals surface area contributed by atoms with Crippen LogP contribution in [0.1, 0.15) is 48.1 Å². The van der Waals surface area contributed by atoms with Gasteiger partial charge in [-0.05, 0) is 31.4 Å². The van der Waals surface area contributed by atoms with Crippen LogP contribution in [0.15, 0.2) is 29.1 Å². The summed E-state index contributed by atoms with van der Waals surface area (Å²) in [6.07, 6.45) is 0.647. The van der Waals surface area contributed by atoms with Crippen molar-refractivity contribution in [3.8, 4) is 0 Å². The molecular weight excluding hydrogens is 306 g/mol. The highest BCUT2D eigenvalue weighted by Crippen LogP contribution is 2.13. The summed E-state index contributed by atoms with van der Waals surface area (Å²) in [6.45, 7) is 6.83. The van der Waals surface area contributed by atoms with Gasteiger partial charge in [0, 0.05) is 30.5 Å². The average molecular weight is 329 g/mol. The molecule has 0 aromatic carbocycles. The Morgan fingerprint density at radius 2 is 2.08 bits per heavy atom. The van der Waals surface area contributed by atoms with Crippen LogP contribution in [-0.4, -0.2) is 27.0 Å². The van der Waals surface area contributed by atoms with Crippen LogP contribution in [0, 0.1) is 6.92 Å². The third-order valence-corrected chi connectivity index (χ3v) is 3.70. The maximum atomic E-state index is 12.2. The molecule has 0 saturated heterocycles. The summed E-state index contributed by atoms with van der Waals surface area (Å²) < 4.78 is 1.69. The van der Waals surface area contributed by atoms with Gasteiger partial charge < -0.3 is 15.6 Å². The van der Waals surface area contributed by atoms with Gasteiger partial charge in [0.25, 0.3) is 11.5 Å². The molecule has 0 bridgehead atoms. The van der Waals surface area contributed by atoms with Crippen LogP contribution >= 0.6 is 0 Å². The Labute approximate surface area is 140 Å². The molecule has 2 aromatic heterocycles. The zero-order chi connectivity index (χ0) is 17.7. The molecule has 3 N–H and O–H groups in total. The number of nitrogens with one attached hydrogen (secondary N) is 1. The van der Waals surface area contributed by atoms with E-state index in [-0.39, 0.29) is 29.0 Å². The number of nitrogen functional groups attached to an aromatic ring is 1. The number of nitrogens with two attached hydrogens (primary N) is 1. The van der Waals surface area contributed by atoms with Gasteiger partial charge in [-0.1, -0.05) is 19.9 Å². The molecule has 2 heterocycles. The zero-order valence-electron chi connectivity index (χ0n) is 14.2. The standard InChI is InChI=1S/C17H23N5O2/c1-11(2)13-10-14(21-17(18)20-13)16(24)19-8-5-9-22-12(3)6-4-7-15(22)23/h4,6-7,10-11H,5,8-9H2,1-3H3,(H,19,24)(H2,18,20,21). The summed E-state index contributed by atoms with van der Waals surface area (Å²) in [6, 6.07) is 6.81. The van der Waals surface area contributed by atoms with Crippen molar-refractivity contribution >= 4 is 11.9 Å². The number of amides is 1. The minimum absolute atomic E-state index is 0.0357. The van der Waals surface area contributed by atoms with Crippen molar-refractivity contribution in [3.63, 3.8) is 0 Å². The van der Waals surface area contributed by atoms with Crippen molar-refractivity contribution in [2.75, 3.05) is 12.3 Å². The van der Waals surface area contributed by atoms with Crippen molar-refractivity contribution in [3.05, 3.63) is 51.7 Å². The third kappa shape index (κ3) is 4.41. The predicted molar refractivity (Wildman–Crippen MR) is 92.9 cm³/mol. The number of aromatic nitrogens is 3. The van der Waals surface area contributed by atoms with Crippen molar-refractivity contribution in [2.45, 2.75) is 39.7 Å². The lowest BCUT2D eigenvalue weighted by atomic mass is 10.1. The molecule has 0 saturated carbocycles. The van der Waals surface area contributed by atoms with E-state index in [1.807, 2.05) is 26.8 Å². The van der Waals surface area contributed by atoms with E-state index in [0.717, 1.165) is 11.4 Å². The number of rotatable bonds is 6. The number of pyridine rings is 1. The Hall–Kier alpha value is -2.70. The molecule has 0 unspecified atom stereocenters. The molecule has 0 aliphatic rings. The van der Waals surface area contributed by atoms with E-state index in [0.29, 0.717) is 19.5 Å². The molecule has 128 valence electrons. The first-order valence-corrected chi connectivity index (χ1v) is 7.97. The fourth-order valence-corrected chi connectivity index (χ4v) is 2.34. The summed E-state index contributed by atoms with van der Waals surface area (Å²) in [7, 11) is 0. The van der Waals surface area contributed by atoms with E-state index in [9.17, 15) is 9.59 Å². The highest BCUT2D eigenvalue weighted by atomic mass is 16.2. The Morgan fingerprint density at radius 3 is 2.75 bits per heavy atom. The summed E-state index contributed by atoms with van der Waals surface area (Å²) in [5.41, 5.74) is 7.52. The van der Waals surface area contributed by atoms with Gasteiger partial charge in [-0.2, -0.15) is 0 Å². The fourth-order valence-electron chi connectivity index (χ4n) is 2.34. The molecule has 1 amide bonds. The quantitative estimate of drug-likeness (QED) is 0.781. The second kappa shape index (κ2) is 7.72. The van der Waals surface area contributed by atoms with E-state index < -0.39 is 0 Å². The van der Waals surface area contributed by atoms with Gasteiger partial charge in [0.05, 0.1) is 0 Å². The molecule has 0 aliphatic carbocycles. The molecule has 7 nitrogen and oxygen atoms in total. The Morgan fingerprint density at radius 1 is 1.33 bits per heavy atom. The number of hydrogen-bond donors (Lipinski definition) is 2. The SMILES string of the molecule is Cc1cccc(=O)n1CCCNC(=O)c1cc(C(C)C)nc(N)n1. The lowest BCUT2D eigenvalue weighted by Crippen LogP contribution is -2.28. The molecule has 0 aliphatic heterocycles. The van der Waals surface area contributed by atoms with Gasteiger partial charge in [-0.25, -0.2) is 9.97 Å². The predicted octanol–water partition coefficient (Wildman–Crippen LogP) is 1.47. The number of hydrogen-bond acceptors (Lipinski definition) is 5. The molecule has 0 spiro atoms. The number of carbonyl (C=O) groups excluding carboxylic acids is 1. The van der Waals surface area contributed by atoms with E-state index in [1.165, 1.54) is 6.07 Å². The van der Waals surface area contributed by atoms with Crippen molar-refractivity contribution in [2.24, 2.45) is 0 Å². The maximum Gasteiger partial charge on any atom is 0.270 e. The van der Waals surface area contributed by atoms with Crippen molar-refractivity contribution < 1.29 is 4.79 Å². The summed E-state index contributed by atoms with van der Waals surface area (Å²) >= 11 is 0. The van der Waals surface area contributed by atoms with Gasteiger partial charge in [-0.3, -0.25) is 9.59 Å². The Kier molecular flexibility index (Phi) is 5.68. The lowest BCUT2D eigenvalue weighted by Gasteiger charge is -2.11. The fraction of sp³-hybridized carbons (Fsp3) is 0.412. The van der Waals surface area contributed by atoms with Gasteiger partial charge in [-0.15, -0.1) is 0 Å². The zero-order valence-corrected chi connectivity index (χ0v) is 14.2. The highest BCUT2D eigenvalue weighted by molar-refractivity contribution is 5.92. The van der Waals surface area contributed by atoms with Crippen LogP contribution in [-0.2, 0) is 6.54 Å². The largest absolute Gasteiger partial charge is 0.368 e. The molecule has 7 heteroatoms. The molecule has 0 fully saturated rings. The minimum Gasteiger partial charge on any atom is -0.368 e. The molecule has 24 heavy (non-hydrogen) atoms. The van der Waals surface area contributed by atoms with Crippen LogP contribution in [0.5, 0.6) is 0 Å². The van der Waals surface area contributed by atoms with Gasteiger partial charge in [0.2, 0.25) is 5.95 Å². The van der Waals surface area contributed by atoms with Crippen LogP contribution in [0.3, 0.4) is 0 Å². The van der Waals surface area contributed by atoms with Crippen molar-refractivity contribution in [1.29, 1.82) is 0 Å². The summed E-state index contributed by atoms with van der Waals surface area (Å²) in [4.78, 5) is 32.1. The van der Waals surface area contributed by atoms with Crippen LogP contribution < -0.4 is 16.6 Å². The molecule has 2 rings (SSSR count). The summed E-state index contributed by atoms with van der Waals surface area (Å²) in [5, 5.41) is 2.80. The van der Waals surface area contributed by atoms with E-state index in [1.54, 1.807) is 16.7 Å². The van der Waals surface area contributed by atoms with Gasteiger partial charge in [0.1, 0.15) is 5.69 Å². The smallest absolute Gasteiger partial charge is 0.270 e. The molecule has 2 aromatic rings. The first-order valence-electron chi connectivity index (χ1n) is 7.97. The van der Waals surface area contributed by atoms with Gasteiger partial charge >= 0.3 is 0 Å². The first-order chi connectivity index (χ1) is 11.4. The number of aryl methyl sites for hydroxylation is 1. The Balaban J connectivity index is 1.93. The van der Waals surface area contributed by atoms with E-state index >= 15 is 0 Å². The second-order valence-corrected chi connectivity index (χ2v) is 5.96. The molecular formula is C17H23N5O2. The van der Waals surface area contributed by atoms with E-state index in [4.69, 9.17) is 5.73 Å². The highest BCUT2D eigenvalue weighted by Gasteiger charge is 2.12. The normalized spacial score (nSPS) is 10.8. The summed E-state index contributed by atoms with van der Waals surface area (Å²) in [5.74, 6) is -0.0317. The average Bonchev–Trinajstić information content (AvgIpc) is 2.52. The van der Waals surface area contributed by atoms with Gasteiger partial charge in [0.15, 0.2) is 0 Å². The van der Waals surface area contributed by atoms with E-state index in [2.05, 4.69) is 15.3 Å². The Bertz CT molecular complexity index is 783. The van der Waals surface area contributed by atoms with Crippen LogP contribution in [0.4, 0.5) is 5.95 Å². The third-order valence-electron chi connectivity index (χ3n) is 3.70. The molecule has 0 radical (unpaired) electrons. The minimum atomic E-state index is -0.289. The topological polar surface area (TPSA) is 103 Å². The van der Waals surface area contributed by atoms with Crippen molar-refractivity contribution in [1.82, 2.24) is 19.9 Å². The first kappa shape index (κ1) is 17.7. The number of nitrogens with zero attached hydrogens (tertiary/aromatic N) is 3. The maximum absolute atomic E-state index is 12.2. The van der Waals surface area contributed by atoms with Crippen LogP contribution in [0.25, 0.3) is 0 Å². The monoisotopic (exact) mass is 329 g/mol. The number of anilines is 1. The number of carbonyl (C=O) groups is 1. The molecule has 0 atom stereocenters. The van der Waals surface area contributed by atoms with Crippen LogP contribution in [0.2, 0.25) is 0 Å².